The van der Waals surface area contributed by atoms with Crippen LogP contribution in [0.15, 0.2) is 60.9 Å². The van der Waals surface area contributed by atoms with E-state index in [9.17, 15) is 18.0 Å². The van der Waals surface area contributed by atoms with E-state index in [-0.39, 0.29) is 23.6 Å². The third-order valence-electron chi connectivity index (χ3n) is 4.07. The van der Waals surface area contributed by atoms with E-state index in [2.05, 4.69) is 14.8 Å². The van der Waals surface area contributed by atoms with E-state index in [1.807, 2.05) is 0 Å². The summed E-state index contributed by atoms with van der Waals surface area (Å²) >= 11 is 0. The average molecular weight is 374 g/mol. The zero-order valence-corrected chi connectivity index (χ0v) is 13.8. The summed E-state index contributed by atoms with van der Waals surface area (Å²) in [5.41, 5.74) is 0.980. The smallest absolute Gasteiger partial charge is 0.395 e. The molecule has 0 saturated carbocycles. The van der Waals surface area contributed by atoms with Crippen LogP contribution in [-0.4, -0.2) is 16.8 Å². The Morgan fingerprint density at radius 3 is 2.56 bits per heavy atom. The molecule has 1 aliphatic rings. The number of aromatic nitrogens is 1. The van der Waals surface area contributed by atoms with Crippen LogP contribution in [0.5, 0.6) is 11.5 Å². The van der Waals surface area contributed by atoms with Gasteiger partial charge >= 0.3 is 6.29 Å². The van der Waals surface area contributed by atoms with E-state index >= 15 is 0 Å². The van der Waals surface area contributed by atoms with Crippen LogP contribution in [0, 0.1) is 5.82 Å². The van der Waals surface area contributed by atoms with Crippen molar-refractivity contribution in [1.29, 1.82) is 0 Å². The number of nitrogens with one attached hydrogen (secondary N) is 1. The number of carbonyl (C=O) groups excluding carboxylic acids is 1. The first-order chi connectivity index (χ1) is 12.9. The molecule has 0 bridgehead atoms. The van der Waals surface area contributed by atoms with Gasteiger partial charge in [0.1, 0.15) is 5.82 Å². The molecule has 0 atom stereocenters. The van der Waals surface area contributed by atoms with Gasteiger partial charge in [0.15, 0.2) is 11.5 Å². The fourth-order valence-electron chi connectivity index (χ4n) is 2.82. The Morgan fingerprint density at radius 1 is 1.04 bits per heavy atom. The van der Waals surface area contributed by atoms with Crippen molar-refractivity contribution in [2.45, 2.75) is 12.8 Å². The van der Waals surface area contributed by atoms with Crippen molar-refractivity contribution in [3.63, 3.8) is 0 Å². The fraction of sp³-hybridized carbons (Fsp3) is 0.105. The van der Waals surface area contributed by atoms with Crippen molar-refractivity contribution in [2.75, 3.05) is 0 Å². The highest BCUT2D eigenvalue weighted by Crippen LogP contribution is 2.41. The van der Waals surface area contributed by atoms with Crippen molar-refractivity contribution in [2.24, 2.45) is 0 Å². The van der Waals surface area contributed by atoms with Crippen LogP contribution in [0.2, 0.25) is 0 Å². The molecule has 1 aliphatic heterocycles. The molecule has 4 rings (SSSR count). The van der Waals surface area contributed by atoms with E-state index in [1.54, 1.807) is 41.2 Å². The third kappa shape index (κ3) is 3.33. The molecule has 0 saturated heterocycles. The van der Waals surface area contributed by atoms with Gasteiger partial charge in [0.05, 0.1) is 5.69 Å². The topological polar surface area (TPSA) is 52.5 Å². The Morgan fingerprint density at radius 2 is 1.78 bits per heavy atom. The van der Waals surface area contributed by atoms with Crippen LogP contribution >= 0.6 is 0 Å². The molecule has 138 valence electrons. The van der Waals surface area contributed by atoms with Crippen molar-refractivity contribution < 1.29 is 27.4 Å². The van der Waals surface area contributed by atoms with Gasteiger partial charge < -0.3 is 19.4 Å². The molecule has 1 amide bonds. The minimum atomic E-state index is -3.75. The first kappa shape index (κ1) is 17.0. The first-order valence-corrected chi connectivity index (χ1v) is 8.02. The monoisotopic (exact) mass is 374 g/mol. The lowest BCUT2D eigenvalue weighted by Crippen LogP contribution is -2.26. The maximum Gasteiger partial charge on any atom is 0.586 e. The van der Waals surface area contributed by atoms with E-state index in [4.69, 9.17) is 0 Å². The van der Waals surface area contributed by atoms with Crippen LogP contribution in [0.1, 0.15) is 15.9 Å². The lowest BCUT2D eigenvalue weighted by molar-refractivity contribution is -0.286. The fourth-order valence-corrected chi connectivity index (χ4v) is 2.82. The predicted octanol–water partition coefficient (Wildman–Crippen LogP) is 3.87. The number of benzene rings is 2. The minimum Gasteiger partial charge on any atom is -0.395 e. The van der Waals surface area contributed by atoms with Gasteiger partial charge in [-0.25, -0.2) is 4.39 Å². The average Bonchev–Trinajstić information content (AvgIpc) is 3.25. The Kier molecular flexibility index (Phi) is 4.02. The minimum absolute atomic E-state index is 0.0797. The molecular formula is C19H13F3N2O3. The number of alkyl halides is 2. The van der Waals surface area contributed by atoms with Gasteiger partial charge in [-0.1, -0.05) is 6.07 Å². The predicted molar refractivity (Wildman–Crippen MR) is 89.5 cm³/mol. The Hall–Kier alpha value is -3.42. The maximum atomic E-state index is 14.3. The second kappa shape index (κ2) is 6.39. The summed E-state index contributed by atoms with van der Waals surface area (Å²) in [6.45, 7) is -0.0797. The van der Waals surface area contributed by atoms with Gasteiger partial charge in [0.25, 0.3) is 5.91 Å². The Labute approximate surface area is 151 Å². The van der Waals surface area contributed by atoms with Crippen LogP contribution in [0.4, 0.5) is 13.2 Å². The van der Waals surface area contributed by atoms with Gasteiger partial charge in [0, 0.05) is 30.1 Å². The highest BCUT2D eigenvalue weighted by Gasteiger charge is 2.43. The molecule has 0 unspecified atom stereocenters. The number of hydrogen-bond acceptors (Lipinski definition) is 3. The number of ether oxygens (including phenoxy) is 2. The second-order valence-corrected chi connectivity index (χ2v) is 5.84. The SMILES string of the molecule is O=C(NCc1c(F)cccc1-n1cccc1)c1ccc2c(c1)OC(F)(F)O2. The quantitative estimate of drug-likeness (QED) is 0.754. The number of carbonyl (C=O) groups is 1. The Balaban J connectivity index is 1.53. The summed E-state index contributed by atoms with van der Waals surface area (Å²) in [7, 11) is 0. The van der Waals surface area contributed by atoms with Gasteiger partial charge in [-0.05, 0) is 42.5 Å². The summed E-state index contributed by atoms with van der Waals surface area (Å²) in [6.07, 6.45) is -0.230. The highest BCUT2D eigenvalue weighted by atomic mass is 19.3. The molecule has 0 fully saturated rings. The maximum absolute atomic E-state index is 14.3. The molecule has 8 heteroatoms. The highest BCUT2D eigenvalue weighted by molar-refractivity contribution is 5.95. The molecule has 27 heavy (non-hydrogen) atoms. The number of nitrogens with zero attached hydrogens (tertiary/aromatic N) is 1. The molecule has 5 nitrogen and oxygen atoms in total. The van der Waals surface area contributed by atoms with Gasteiger partial charge in [-0.2, -0.15) is 0 Å². The molecule has 1 aromatic heterocycles. The van der Waals surface area contributed by atoms with Crippen LogP contribution < -0.4 is 14.8 Å². The number of rotatable bonds is 4. The van der Waals surface area contributed by atoms with Crippen LogP contribution in [0.3, 0.4) is 0 Å². The summed E-state index contributed by atoms with van der Waals surface area (Å²) < 4.78 is 50.8. The van der Waals surface area contributed by atoms with E-state index < -0.39 is 18.0 Å². The largest absolute Gasteiger partial charge is 0.586 e. The number of amides is 1. The van der Waals surface area contributed by atoms with E-state index in [0.717, 1.165) is 6.07 Å². The molecule has 3 aromatic rings. The van der Waals surface area contributed by atoms with E-state index in [1.165, 1.54) is 18.2 Å². The zero-order chi connectivity index (χ0) is 19.0. The van der Waals surface area contributed by atoms with Crippen LogP contribution in [0.25, 0.3) is 5.69 Å². The molecular weight excluding hydrogens is 361 g/mol. The number of halogens is 3. The van der Waals surface area contributed by atoms with Gasteiger partial charge in [-0.15, -0.1) is 8.78 Å². The van der Waals surface area contributed by atoms with Gasteiger partial charge in [-0.3, -0.25) is 4.79 Å². The lowest BCUT2D eigenvalue weighted by atomic mass is 10.1. The van der Waals surface area contributed by atoms with Crippen LogP contribution in [-0.2, 0) is 6.54 Å². The van der Waals surface area contributed by atoms with Crippen molar-refractivity contribution in [1.82, 2.24) is 9.88 Å². The van der Waals surface area contributed by atoms with Gasteiger partial charge in [0.2, 0.25) is 0 Å². The Bertz CT molecular complexity index is 1000. The molecule has 0 radical (unpaired) electrons. The zero-order valence-electron chi connectivity index (χ0n) is 13.8. The first-order valence-electron chi connectivity index (χ1n) is 8.02. The third-order valence-corrected chi connectivity index (χ3v) is 4.07. The summed E-state index contributed by atoms with van der Waals surface area (Å²) in [5, 5.41) is 2.59. The number of fused-ring (bicyclic) bond motifs is 1. The summed E-state index contributed by atoms with van der Waals surface area (Å²) in [5.74, 6) is -1.41. The standard InChI is InChI=1S/C19H13F3N2O3/c20-14-4-3-5-15(24-8-1-2-9-24)13(14)11-23-18(25)12-6-7-16-17(10-12)27-19(21,22)26-16/h1-10H,11H2,(H,23,25). The number of hydrogen-bond donors (Lipinski definition) is 1. The molecule has 2 heterocycles. The van der Waals surface area contributed by atoms with Crippen molar-refractivity contribution >= 4 is 5.91 Å². The second-order valence-electron chi connectivity index (χ2n) is 5.84. The normalized spacial score (nSPS) is 14.2. The van der Waals surface area contributed by atoms with Crippen molar-refractivity contribution in [3.8, 4) is 17.2 Å². The lowest BCUT2D eigenvalue weighted by Gasteiger charge is -2.13. The van der Waals surface area contributed by atoms with E-state index in [0.29, 0.717) is 11.3 Å². The molecule has 0 aliphatic carbocycles. The van der Waals surface area contributed by atoms with Crippen molar-refractivity contribution in [3.05, 3.63) is 77.9 Å². The summed E-state index contributed by atoms with van der Waals surface area (Å²) in [4.78, 5) is 12.4. The summed E-state index contributed by atoms with van der Waals surface area (Å²) in [6, 6.07) is 11.9. The molecule has 2 aromatic carbocycles. The molecule has 1 N–H and O–H groups in total. The molecule has 0 spiro atoms.